The number of thiocarbonyl (C=S) groups is 1. The Morgan fingerprint density at radius 3 is 2.77 bits per heavy atom. The molecule has 2 N–H and O–H groups in total. The van der Waals surface area contributed by atoms with Crippen LogP contribution in [0.2, 0.25) is 0 Å². The van der Waals surface area contributed by atoms with Crippen LogP contribution in [0, 0.1) is 0 Å². The molecule has 0 spiro atoms. The van der Waals surface area contributed by atoms with E-state index in [4.69, 9.17) is 21.7 Å². The van der Waals surface area contributed by atoms with Gasteiger partial charge >= 0.3 is 0 Å². The second kappa shape index (κ2) is 9.34. The molecule has 6 nitrogen and oxygen atoms in total. The van der Waals surface area contributed by atoms with Crippen molar-refractivity contribution in [1.82, 2.24) is 10.7 Å². The van der Waals surface area contributed by atoms with Crippen LogP contribution >= 0.6 is 12.2 Å². The lowest BCUT2D eigenvalue weighted by molar-refractivity contribution is 0.122. The monoisotopic (exact) mass is 322 g/mol. The van der Waals surface area contributed by atoms with Crippen LogP contribution in [0.3, 0.4) is 0 Å². The van der Waals surface area contributed by atoms with Crippen LogP contribution in [-0.4, -0.2) is 57.9 Å². The maximum absolute atomic E-state index is 5.36. The molecule has 1 saturated heterocycles. The summed E-state index contributed by atoms with van der Waals surface area (Å²) in [5.41, 5.74) is 5.01. The predicted octanol–water partition coefficient (Wildman–Crippen LogP) is 0.968. The van der Waals surface area contributed by atoms with E-state index in [1.807, 2.05) is 12.1 Å². The molecule has 2 rings (SSSR count). The number of hydrazone groups is 1. The minimum Gasteiger partial charge on any atom is -0.383 e. The summed E-state index contributed by atoms with van der Waals surface area (Å²) in [6.07, 6.45) is 1.74. The highest BCUT2D eigenvalue weighted by atomic mass is 32.1. The first kappa shape index (κ1) is 16.7. The van der Waals surface area contributed by atoms with E-state index in [0.717, 1.165) is 31.9 Å². The van der Waals surface area contributed by atoms with Gasteiger partial charge < -0.3 is 19.7 Å². The smallest absolute Gasteiger partial charge is 0.187 e. The van der Waals surface area contributed by atoms with Crippen LogP contribution in [0.25, 0.3) is 0 Å². The fourth-order valence-electron chi connectivity index (χ4n) is 2.06. The number of rotatable bonds is 6. The zero-order valence-electron chi connectivity index (χ0n) is 12.7. The van der Waals surface area contributed by atoms with Gasteiger partial charge in [-0.3, -0.25) is 5.43 Å². The Labute approximate surface area is 136 Å². The Bertz CT molecular complexity index is 487. The van der Waals surface area contributed by atoms with Crippen molar-refractivity contribution in [2.24, 2.45) is 5.10 Å². The van der Waals surface area contributed by atoms with Gasteiger partial charge in [0.15, 0.2) is 5.11 Å². The Kier molecular flexibility index (Phi) is 7.08. The van der Waals surface area contributed by atoms with Gasteiger partial charge in [-0.15, -0.1) is 0 Å². The number of nitrogens with one attached hydrogen (secondary N) is 2. The topological polar surface area (TPSA) is 58.1 Å². The van der Waals surface area contributed by atoms with Crippen LogP contribution in [0.4, 0.5) is 5.69 Å². The molecule has 0 aliphatic carbocycles. The Hall–Kier alpha value is -1.70. The van der Waals surface area contributed by atoms with E-state index in [0.29, 0.717) is 18.3 Å². The average molecular weight is 322 g/mol. The molecule has 1 fully saturated rings. The van der Waals surface area contributed by atoms with Gasteiger partial charge in [0.25, 0.3) is 0 Å². The summed E-state index contributed by atoms with van der Waals surface area (Å²) in [4.78, 5) is 2.32. The molecule has 0 atom stereocenters. The highest BCUT2D eigenvalue weighted by Gasteiger charge is 2.10. The minimum atomic E-state index is 0.484. The molecule has 0 bridgehead atoms. The predicted molar refractivity (Wildman–Crippen MR) is 92.7 cm³/mol. The average Bonchev–Trinajstić information content (AvgIpc) is 2.57. The maximum atomic E-state index is 5.36. The number of ether oxygens (including phenoxy) is 2. The summed E-state index contributed by atoms with van der Waals surface area (Å²) in [6, 6.07) is 8.28. The molecule has 120 valence electrons. The molecule has 1 aliphatic rings. The normalized spacial score (nSPS) is 15.0. The molecule has 1 aromatic carbocycles. The first-order valence-corrected chi connectivity index (χ1v) is 7.69. The van der Waals surface area contributed by atoms with E-state index in [-0.39, 0.29) is 0 Å². The molecule has 1 heterocycles. The third kappa shape index (κ3) is 5.59. The van der Waals surface area contributed by atoms with Crippen molar-refractivity contribution in [3.63, 3.8) is 0 Å². The summed E-state index contributed by atoms with van der Waals surface area (Å²) >= 11 is 5.08. The van der Waals surface area contributed by atoms with Crippen molar-refractivity contribution in [3.05, 3.63) is 29.8 Å². The van der Waals surface area contributed by atoms with Gasteiger partial charge in [-0.05, 0) is 29.9 Å². The minimum absolute atomic E-state index is 0.484. The first-order chi connectivity index (χ1) is 10.8. The van der Waals surface area contributed by atoms with Crippen molar-refractivity contribution < 1.29 is 9.47 Å². The van der Waals surface area contributed by atoms with E-state index in [1.54, 1.807) is 13.3 Å². The summed E-state index contributed by atoms with van der Waals surface area (Å²) in [6.45, 7) is 4.73. The quantitative estimate of drug-likeness (QED) is 0.352. The van der Waals surface area contributed by atoms with Crippen LogP contribution in [0.15, 0.2) is 29.4 Å². The standard InChI is InChI=1S/C15H22N4O2S/c1-20-9-6-16-15(22)18-17-12-13-2-4-14(5-3-13)19-7-10-21-11-8-19/h2-5,12H,6-11H2,1H3,(H2,16,18,22)/b17-12-. The Morgan fingerprint density at radius 1 is 1.36 bits per heavy atom. The summed E-state index contributed by atoms with van der Waals surface area (Å²) in [5.74, 6) is 0. The van der Waals surface area contributed by atoms with Gasteiger partial charge in [0, 0.05) is 32.4 Å². The fourth-order valence-corrected chi connectivity index (χ4v) is 2.22. The molecule has 0 unspecified atom stereocenters. The lowest BCUT2D eigenvalue weighted by Crippen LogP contribution is -2.36. The first-order valence-electron chi connectivity index (χ1n) is 7.28. The lowest BCUT2D eigenvalue weighted by atomic mass is 10.2. The van der Waals surface area contributed by atoms with Crippen LogP contribution in [0.1, 0.15) is 5.56 Å². The molecule has 22 heavy (non-hydrogen) atoms. The number of anilines is 1. The van der Waals surface area contributed by atoms with E-state index >= 15 is 0 Å². The third-order valence-corrected chi connectivity index (χ3v) is 3.48. The number of hydrogen-bond donors (Lipinski definition) is 2. The number of morpholine rings is 1. The fraction of sp³-hybridized carbons (Fsp3) is 0.467. The maximum Gasteiger partial charge on any atom is 0.187 e. The van der Waals surface area contributed by atoms with Crippen molar-refractivity contribution in [3.8, 4) is 0 Å². The van der Waals surface area contributed by atoms with Gasteiger partial charge in [-0.1, -0.05) is 12.1 Å². The number of nitrogens with zero attached hydrogens (tertiary/aromatic N) is 2. The zero-order valence-corrected chi connectivity index (χ0v) is 13.6. The van der Waals surface area contributed by atoms with E-state index < -0.39 is 0 Å². The zero-order chi connectivity index (χ0) is 15.6. The molecule has 7 heteroatoms. The highest BCUT2D eigenvalue weighted by Crippen LogP contribution is 2.15. The van der Waals surface area contributed by atoms with Crippen molar-refractivity contribution >= 4 is 29.2 Å². The Morgan fingerprint density at radius 2 is 2.09 bits per heavy atom. The van der Waals surface area contributed by atoms with Crippen molar-refractivity contribution in [1.29, 1.82) is 0 Å². The molecular formula is C15H22N4O2S. The number of hydrogen-bond acceptors (Lipinski definition) is 5. The molecule has 0 aromatic heterocycles. The third-order valence-electron chi connectivity index (χ3n) is 3.24. The van der Waals surface area contributed by atoms with Gasteiger partial charge in [0.05, 0.1) is 26.0 Å². The van der Waals surface area contributed by atoms with Gasteiger partial charge in [0.1, 0.15) is 0 Å². The van der Waals surface area contributed by atoms with Gasteiger partial charge in [-0.25, -0.2) is 0 Å². The summed E-state index contributed by atoms with van der Waals surface area (Å²) in [5, 5.41) is 7.58. The second-order valence-corrected chi connectivity index (χ2v) is 5.22. The van der Waals surface area contributed by atoms with Crippen molar-refractivity contribution in [2.75, 3.05) is 51.5 Å². The molecule has 1 aromatic rings. The van der Waals surface area contributed by atoms with Gasteiger partial charge in [0.2, 0.25) is 0 Å². The van der Waals surface area contributed by atoms with E-state index in [2.05, 4.69) is 32.9 Å². The largest absolute Gasteiger partial charge is 0.383 e. The lowest BCUT2D eigenvalue weighted by Gasteiger charge is -2.28. The van der Waals surface area contributed by atoms with Crippen LogP contribution in [-0.2, 0) is 9.47 Å². The van der Waals surface area contributed by atoms with Gasteiger partial charge in [-0.2, -0.15) is 5.10 Å². The summed E-state index contributed by atoms with van der Waals surface area (Å²) < 4.78 is 10.3. The van der Waals surface area contributed by atoms with Crippen molar-refractivity contribution in [2.45, 2.75) is 0 Å². The molecule has 0 amide bonds. The molecular weight excluding hydrogens is 300 g/mol. The SMILES string of the molecule is COCCNC(=S)N/N=C\c1ccc(N2CCOCC2)cc1. The van der Waals surface area contributed by atoms with E-state index in [1.165, 1.54) is 5.69 Å². The number of benzene rings is 1. The molecule has 0 saturated carbocycles. The number of methoxy groups -OCH3 is 1. The summed E-state index contributed by atoms with van der Waals surface area (Å²) in [7, 11) is 1.65. The Balaban J connectivity index is 1.78. The molecule has 0 radical (unpaired) electrons. The second-order valence-electron chi connectivity index (χ2n) is 4.81. The van der Waals surface area contributed by atoms with Crippen LogP contribution in [0.5, 0.6) is 0 Å². The van der Waals surface area contributed by atoms with E-state index in [9.17, 15) is 0 Å². The van der Waals surface area contributed by atoms with Crippen LogP contribution < -0.4 is 15.6 Å². The molecule has 1 aliphatic heterocycles. The highest BCUT2D eigenvalue weighted by molar-refractivity contribution is 7.80.